The van der Waals surface area contributed by atoms with Gasteiger partial charge in [0.05, 0.1) is 6.54 Å². The van der Waals surface area contributed by atoms with Crippen molar-refractivity contribution in [2.45, 2.75) is 31.0 Å². The Balaban J connectivity index is 1.89. The summed E-state index contributed by atoms with van der Waals surface area (Å²) in [5.74, 6) is 1.17. The smallest absolute Gasteiger partial charge is 0.196 e. The Labute approximate surface area is 150 Å². The first-order valence-corrected chi connectivity index (χ1v) is 9.38. The van der Waals surface area contributed by atoms with E-state index in [9.17, 15) is 4.39 Å². The molecule has 7 heteroatoms. The molecule has 0 radical (unpaired) electrons. The van der Waals surface area contributed by atoms with Gasteiger partial charge in [-0.3, -0.25) is 9.47 Å². The molecule has 1 aliphatic heterocycles. The second-order valence-electron chi connectivity index (χ2n) is 5.85. The van der Waals surface area contributed by atoms with E-state index >= 15 is 0 Å². The van der Waals surface area contributed by atoms with Gasteiger partial charge in [-0.05, 0) is 50.2 Å². The Morgan fingerprint density at radius 2 is 1.88 bits per heavy atom. The summed E-state index contributed by atoms with van der Waals surface area (Å²) in [5, 5.41) is 9.99. The second kappa shape index (κ2) is 8.14. The molecule has 0 atom stereocenters. The average molecular weight is 367 g/mol. The van der Waals surface area contributed by atoms with Crippen molar-refractivity contribution in [2.24, 2.45) is 0 Å². The van der Waals surface area contributed by atoms with Crippen LogP contribution in [0.2, 0.25) is 0 Å². The topological polar surface area (TPSA) is 34.0 Å². The van der Waals surface area contributed by atoms with E-state index < -0.39 is 0 Å². The van der Waals surface area contributed by atoms with Gasteiger partial charge in [-0.25, -0.2) is 4.39 Å². The first-order chi connectivity index (χ1) is 11.6. The van der Waals surface area contributed by atoms with Crippen molar-refractivity contribution in [3.8, 4) is 5.69 Å². The number of likely N-dealkylation sites (tertiary alicyclic amines) is 1. The zero-order valence-corrected chi connectivity index (χ0v) is 15.0. The van der Waals surface area contributed by atoms with Gasteiger partial charge in [0.1, 0.15) is 5.82 Å². The Bertz CT molecular complexity index is 695. The molecule has 1 aliphatic rings. The third-order valence-electron chi connectivity index (χ3n) is 3.96. The van der Waals surface area contributed by atoms with Crippen LogP contribution < -0.4 is 0 Å². The minimum absolute atomic E-state index is 0.257. The van der Waals surface area contributed by atoms with E-state index in [4.69, 9.17) is 11.6 Å². The van der Waals surface area contributed by atoms with Crippen molar-refractivity contribution in [3.05, 3.63) is 47.5 Å². The molecule has 1 fully saturated rings. The van der Waals surface area contributed by atoms with Crippen LogP contribution in [0.1, 0.15) is 25.1 Å². The minimum atomic E-state index is -0.257. The lowest BCUT2D eigenvalue weighted by Crippen LogP contribution is -2.30. The van der Waals surface area contributed by atoms with Crippen molar-refractivity contribution in [1.82, 2.24) is 19.7 Å². The van der Waals surface area contributed by atoms with Gasteiger partial charge in [0.25, 0.3) is 0 Å². The molecule has 0 bridgehead atoms. The molecule has 0 saturated carbocycles. The first kappa shape index (κ1) is 17.5. The van der Waals surface area contributed by atoms with Crippen LogP contribution in [0.25, 0.3) is 5.69 Å². The van der Waals surface area contributed by atoms with Gasteiger partial charge >= 0.3 is 0 Å². The number of benzene rings is 1. The molecule has 3 rings (SSSR count). The van der Waals surface area contributed by atoms with Gasteiger partial charge in [-0.2, -0.15) is 0 Å². The Kier molecular flexibility index (Phi) is 5.92. The standard InChI is InChI=1S/C17H20ClFN4S/c1-13(18)12-24-17-21-20-16(11-22-9-3-2-4-10-22)23(17)15-7-5-14(19)6-8-15/h5-8H,1-4,9-12H2. The molecule has 2 aromatic rings. The van der Waals surface area contributed by atoms with E-state index in [0.717, 1.165) is 36.3 Å². The van der Waals surface area contributed by atoms with Crippen LogP contribution >= 0.6 is 23.4 Å². The molecule has 24 heavy (non-hydrogen) atoms. The van der Waals surface area contributed by atoms with Crippen molar-refractivity contribution >= 4 is 23.4 Å². The molecule has 1 saturated heterocycles. The summed E-state index contributed by atoms with van der Waals surface area (Å²) >= 11 is 7.36. The summed E-state index contributed by atoms with van der Waals surface area (Å²) in [7, 11) is 0. The van der Waals surface area contributed by atoms with E-state index in [1.807, 2.05) is 4.57 Å². The number of thioether (sulfide) groups is 1. The summed E-state index contributed by atoms with van der Waals surface area (Å²) in [6.07, 6.45) is 3.73. The Hall–Kier alpha value is -1.37. The Morgan fingerprint density at radius 3 is 2.54 bits per heavy atom. The number of piperidine rings is 1. The SMILES string of the molecule is C=C(Cl)CSc1nnc(CN2CCCCC2)n1-c1ccc(F)cc1. The number of nitrogens with zero attached hydrogens (tertiary/aromatic N) is 4. The molecule has 0 unspecified atom stereocenters. The van der Waals surface area contributed by atoms with Gasteiger partial charge in [-0.15, -0.1) is 10.2 Å². The van der Waals surface area contributed by atoms with Crippen molar-refractivity contribution in [2.75, 3.05) is 18.8 Å². The fraction of sp³-hybridized carbons (Fsp3) is 0.412. The van der Waals surface area contributed by atoms with Gasteiger partial charge in [0, 0.05) is 16.5 Å². The molecule has 128 valence electrons. The van der Waals surface area contributed by atoms with Crippen LogP contribution in [-0.4, -0.2) is 38.5 Å². The lowest BCUT2D eigenvalue weighted by molar-refractivity contribution is 0.214. The maximum absolute atomic E-state index is 13.3. The normalized spacial score (nSPS) is 15.6. The third kappa shape index (κ3) is 4.37. The highest BCUT2D eigenvalue weighted by atomic mass is 35.5. The summed E-state index contributed by atoms with van der Waals surface area (Å²) in [6.45, 7) is 6.62. The van der Waals surface area contributed by atoms with Crippen LogP contribution in [0.5, 0.6) is 0 Å². The first-order valence-electron chi connectivity index (χ1n) is 8.02. The number of halogens is 2. The number of hydrogen-bond acceptors (Lipinski definition) is 4. The largest absolute Gasteiger partial charge is 0.296 e. The van der Waals surface area contributed by atoms with Crippen LogP contribution in [0.4, 0.5) is 4.39 Å². The summed E-state index contributed by atoms with van der Waals surface area (Å²) in [5.41, 5.74) is 0.857. The maximum Gasteiger partial charge on any atom is 0.196 e. The average Bonchev–Trinajstić information content (AvgIpc) is 2.97. The molecule has 1 aromatic carbocycles. The van der Waals surface area contributed by atoms with Crippen LogP contribution in [0, 0.1) is 5.82 Å². The number of rotatable bonds is 6. The van der Waals surface area contributed by atoms with Crippen LogP contribution in [0.15, 0.2) is 41.0 Å². The molecule has 0 spiro atoms. The molecule has 0 aliphatic carbocycles. The van der Waals surface area contributed by atoms with Gasteiger partial charge in [0.15, 0.2) is 11.0 Å². The molecule has 1 aromatic heterocycles. The lowest BCUT2D eigenvalue weighted by Gasteiger charge is -2.26. The van der Waals surface area contributed by atoms with E-state index in [1.165, 1.54) is 43.2 Å². The van der Waals surface area contributed by atoms with Crippen molar-refractivity contribution in [3.63, 3.8) is 0 Å². The van der Waals surface area contributed by atoms with Crippen LogP contribution in [-0.2, 0) is 6.54 Å². The second-order valence-corrected chi connectivity index (χ2v) is 7.33. The Morgan fingerprint density at radius 1 is 1.17 bits per heavy atom. The molecule has 2 heterocycles. The minimum Gasteiger partial charge on any atom is -0.296 e. The summed E-state index contributed by atoms with van der Waals surface area (Å²) < 4.78 is 15.3. The van der Waals surface area contributed by atoms with E-state index in [-0.39, 0.29) is 5.82 Å². The van der Waals surface area contributed by atoms with E-state index in [2.05, 4.69) is 21.7 Å². The van der Waals surface area contributed by atoms with Gasteiger partial charge in [0.2, 0.25) is 0 Å². The summed E-state index contributed by atoms with van der Waals surface area (Å²) in [6, 6.07) is 6.40. The van der Waals surface area contributed by atoms with E-state index in [1.54, 1.807) is 12.1 Å². The quantitative estimate of drug-likeness (QED) is 0.716. The monoisotopic (exact) mass is 366 g/mol. The van der Waals surface area contributed by atoms with Crippen molar-refractivity contribution < 1.29 is 4.39 Å². The fourth-order valence-corrected chi connectivity index (χ4v) is 3.69. The number of aromatic nitrogens is 3. The molecule has 0 N–H and O–H groups in total. The lowest BCUT2D eigenvalue weighted by atomic mass is 10.1. The molecule has 4 nitrogen and oxygen atoms in total. The van der Waals surface area contributed by atoms with Crippen LogP contribution in [0.3, 0.4) is 0 Å². The predicted octanol–water partition coefficient (Wildman–Crippen LogP) is 4.24. The zero-order chi connectivity index (χ0) is 16.9. The third-order valence-corrected chi connectivity index (χ3v) is 5.26. The highest BCUT2D eigenvalue weighted by molar-refractivity contribution is 7.99. The predicted molar refractivity (Wildman–Crippen MR) is 96.2 cm³/mol. The highest BCUT2D eigenvalue weighted by Gasteiger charge is 2.18. The zero-order valence-electron chi connectivity index (χ0n) is 13.4. The van der Waals surface area contributed by atoms with Gasteiger partial charge in [-0.1, -0.05) is 36.4 Å². The van der Waals surface area contributed by atoms with Gasteiger partial charge < -0.3 is 0 Å². The maximum atomic E-state index is 13.3. The van der Waals surface area contributed by atoms with E-state index in [0.29, 0.717) is 10.8 Å². The molecular weight excluding hydrogens is 347 g/mol. The summed E-state index contributed by atoms with van der Waals surface area (Å²) in [4.78, 5) is 2.39. The molecular formula is C17H20ClFN4S. The fourth-order valence-electron chi connectivity index (χ4n) is 2.81. The van der Waals surface area contributed by atoms with Crippen molar-refractivity contribution in [1.29, 1.82) is 0 Å². The highest BCUT2D eigenvalue weighted by Crippen LogP contribution is 2.25. The number of hydrogen-bond donors (Lipinski definition) is 0. The molecule has 0 amide bonds.